The van der Waals surface area contributed by atoms with Crippen LogP contribution in [0.4, 0.5) is 0 Å². The fraction of sp³-hybridized carbons (Fsp3) is 0.273. The zero-order chi connectivity index (χ0) is 11.9. The zero-order valence-electron chi connectivity index (χ0n) is 8.88. The summed E-state index contributed by atoms with van der Waals surface area (Å²) in [5, 5.41) is 2.85. The van der Waals surface area contributed by atoms with Gasteiger partial charge >= 0.3 is 0 Å². The van der Waals surface area contributed by atoms with E-state index in [-0.39, 0.29) is 6.04 Å². The van der Waals surface area contributed by atoms with Crippen LogP contribution in [0.3, 0.4) is 0 Å². The van der Waals surface area contributed by atoms with E-state index in [1.807, 2.05) is 12.3 Å². The molecule has 0 amide bonds. The molecule has 1 unspecified atom stereocenters. The summed E-state index contributed by atoms with van der Waals surface area (Å²) in [4.78, 5) is 3.43. The Labute approximate surface area is 116 Å². The van der Waals surface area contributed by atoms with E-state index in [0.29, 0.717) is 0 Å². The number of nitrogens with two attached hydrogens (primary N) is 1. The Bertz CT molecular complexity index is 516. The Morgan fingerprint density at radius 1 is 1.38 bits per heavy atom. The van der Waals surface area contributed by atoms with Crippen LogP contribution in [0.2, 0.25) is 5.02 Å². The summed E-state index contributed by atoms with van der Waals surface area (Å²) in [6.45, 7) is 4.08. The molecule has 16 heavy (non-hydrogen) atoms. The Hall–Kier alpha value is 0.130. The molecular weight excluding hydrogens is 326 g/mol. The molecule has 0 fully saturated rings. The van der Waals surface area contributed by atoms with E-state index >= 15 is 0 Å². The van der Waals surface area contributed by atoms with E-state index in [0.717, 1.165) is 24.8 Å². The van der Waals surface area contributed by atoms with Gasteiger partial charge in [0.05, 0.1) is 11.1 Å². The van der Waals surface area contributed by atoms with Gasteiger partial charge in [-0.05, 0) is 46.8 Å². The van der Waals surface area contributed by atoms with Crippen LogP contribution < -0.4 is 5.73 Å². The minimum absolute atomic E-state index is 0.126. The Morgan fingerprint density at radius 3 is 2.50 bits per heavy atom. The minimum Gasteiger partial charge on any atom is -0.319 e. The van der Waals surface area contributed by atoms with Crippen molar-refractivity contribution in [2.24, 2.45) is 5.73 Å². The van der Waals surface area contributed by atoms with Gasteiger partial charge < -0.3 is 5.73 Å². The van der Waals surface area contributed by atoms with Crippen molar-refractivity contribution < 1.29 is 0 Å². The smallest absolute Gasteiger partial charge is 0.0766 e. The SMILES string of the molecule is Cc1cc(Br)c(C(N)c2scc(C)c2Cl)s1. The number of rotatable bonds is 2. The van der Waals surface area contributed by atoms with Gasteiger partial charge in [0.25, 0.3) is 0 Å². The third-order valence-electron chi connectivity index (χ3n) is 2.33. The van der Waals surface area contributed by atoms with Crippen LogP contribution in [0.1, 0.15) is 26.2 Å². The molecule has 86 valence electrons. The number of hydrogen-bond acceptors (Lipinski definition) is 3. The van der Waals surface area contributed by atoms with Crippen molar-refractivity contribution in [3.8, 4) is 0 Å². The molecule has 0 aliphatic carbocycles. The Balaban J connectivity index is 2.42. The predicted octanol–water partition coefficient (Wildman–Crippen LogP) is 4.89. The van der Waals surface area contributed by atoms with Gasteiger partial charge in [0.1, 0.15) is 0 Å². The van der Waals surface area contributed by atoms with Crippen LogP contribution >= 0.6 is 50.2 Å². The van der Waals surface area contributed by atoms with E-state index in [1.54, 1.807) is 22.7 Å². The zero-order valence-corrected chi connectivity index (χ0v) is 12.9. The van der Waals surface area contributed by atoms with E-state index in [4.69, 9.17) is 17.3 Å². The first kappa shape index (κ1) is 12.6. The van der Waals surface area contributed by atoms with Gasteiger partial charge in [-0.25, -0.2) is 0 Å². The maximum atomic E-state index is 6.25. The van der Waals surface area contributed by atoms with Crippen LogP contribution in [0.15, 0.2) is 15.9 Å². The van der Waals surface area contributed by atoms with Gasteiger partial charge in [0.15, 0.2) is 0 Å². The molecule has 0 bridgehead atoms. The molecule has 0 saturated carbocycles. The van der Waals surface area contributed by atoms with E-state index in [2.05, 4.69) is 28.9 Å². The van der Waals surface area contributed by atoms with Gasteiger partial charge in [0, 0.05) is 19.1 Å². The summed E-state index contributed by atoms with van der Waals surface area (Å²) in [6, 6.07) is 1.97. The quantitative estimate of drug-likeness (QED) is 0.830. The summed E-state index contributed by atoms with van der Waals surface area (Å²) in [5.41, 5.74) is 7.35. The van der Waals surface area contributed by atoms with Crippen molar-refractivity contribution in [2.45, 2.75) is 19.9 Å². The van der Waals surface area contributed by atoms with Crippen LogP contribution in [-0.2, 0) is 0 Å². The van der Waals surface area contributed by atoms with Crippen LogP contribution in [0, 0.1) is 13.8 Å². The molecule has 0 spiro atoms. The third-order valence-corrected chi connectivity index (χ3v) is 6.18. The van der Waals surface area contributed by atoms with Crippen LogP contribution in [-0.4, -0.2) is 0 Å². The lowest BCUT2D eigenvalue weighted by Crippen LogP contribution is -2.09. The van der Waals surface area contributed by atoms with E-state index in [1.165, 1.54) is 4.88 Å². The second-order valence-electron chi connectivity index (χ2n) is 3.64. The number of halogens is 2. The summed E-state index contributed by atoms with van der Waals surface area (Å²) in [7, 11) is 0. The second kappa shape index (κ2) is 4.78. The molecule has 2 aromatic heterocycles. The molecule has 0 saturated heterocycles. The number of thiophene rings is 2. The fourth-order valence-corrected chi connectivity index (χ4v) is 4.80. The molecule has 1 nitrogen and oxygen atoms in total. The first-order chi connectivity index (χ1) is 7.50. The second-order valence-corrected chi connectivity index (χ2v) is 7.08. The van der Waals surface area contributed by atoms with Gasteiger partial charge in [0.2, 0.25) is 0 Å². The average Bonchev–Trinajstić information content (AvgIpc) is 2.71. The van der Waals surface area contributed by atoms with Gasteiger partial charge in [-0.15, -0.1) is 22.7 Å². The molecular formula is C11H11BrClNS2. The lowest BCUT2D eigenvalue weighted by atomic mass is 10.2. The summed E-state index contributed by atoms with van der Waals surface area (Å²) >= 11 is 13.1. The molecule has 0 aliphatic heterocycles. The van der Waals surface area contributed by atoms with Crippen molar-refractivity contribution in [3.05, 3.63) is 41.1 Å². The van der Waals surface area contributed by atoms with Crippen LogP contribution in [0.5, 0.6) is 0 Å². The highest BCUT2D eigenvalue weighted by Crippen LogP contribution is 2.39. The lowest BCUT2D eigenvalue weighted by Gasteiger charge is -2.09. The van der Waals surface area contributed by atoms with Gasteiger partial charge in [-0.3, -0.25) is 0 Å². The normalized spacial score (nSPS) is 13.1. The van der Waals surface area contributed by atoms with Gasteiger partial charge in [-0.1, -0.05) is 11.6 Å². The molecule has 5 heteroatoms. The van der Waals surface area contributed by atoms with E-state index in [9.17, 15) is 0 Å². The monoisotopic (exact) mass is 335 g/mol. The molecule has 2 rings (SSSR count). The molecule has 2 aromatic rings. The highest BCUT2D eigenvalue weighted by molar-refractivity contribution is 9.10. The molecule has 0 aromatic carbocycles. The molecule has 0 aliphatic rings. The number of aryl methyl sites for hydroxylation is 2. The summed E-state index contributed by atoms with van der Waals surface area (Å²) < 4.78 is 1.07. The van der Waals surface area contributed by atoms with Crippen molar-refractivity contribution in [1.29, 1.82) is 0 Å². The van der Waals surface area contributed by atoms with Crippen LogP contribution in [0.25, 0.3) is 0 Å². The highest BCUT2D eigenvalue weighted by atomic mass is 79.9. The maximum Gasteiger partial charge on any atom is 0.0766 e. The Kier molecular flexibility index (Phi) is 3.76. The van der Waals surface area contributed by atoms with Gasteiger partial charge in [-0.2, -0.15) is 0 Å². The highest BCUT2D eigenvalue weighted by Gasteiger charge is 2.20. The lowest BCUT2D eigenvalue weighted by molar-refractivity contribution is 0.911. The first-order valence-corrected chi connectivity index (χ1v) is 7.62. The molecule has 0 radical (unpaired) electrons. The third kappa shape index (κ3) is 2.22. The predicted molar refractivity (Wildman–Crippen MR) is 76.9 cm³/mol. The Morgan fingerprint density at radius 2 is 2.06 bits per heavy atom. The maximum absolute atomic E-state index is 6.25. The van der Waals surface area contributed by atoms with E-state index < -0.39 is 0 Å². The van der Waals surface area contributed by atoms with Crippen molar-refractivity contribution >= 4 is 50.2 Å². The van der Waals surface area contributed by atoms with Crippen molar-refractivity contribution in [1.82, 2.24) is 0 Å². The summed E-state index contributed by atoms with van der Waals surface area (Å²) in [6.07, 6.45) is 0. The fourth-order valence-electron chi connectivity index (χ4n) is 1.49. The molecule has 2 N–H and O–H groups in total. The molecule has 2 heterocycles. The summed E-state index contributed by atoms with van der Waals surface area (Å²) in [5.74, 6) is 0. The minimum atomic E-state index is -0.126. The molecule has 1 atom stereocenters. The topological polar surface area (TPSA) is 26.0 Å². The average molecular weight is 337 g/mol. The largest absolute Gasteiger partial charge is 0.319 e. The first-order valence-electron chi connectivity index (χ1n) is 4.75. The van der Waals surface area contributed by atoms with Crippen molar-refractivity contribution in [2.75, 3.05) is 0 Å². The van der Waals surface area contributed by atoms with Crippen molar-refractivity contribution in [3.63, 3.8) is 0 Å². The standard InChI is InChI=1S/C11H11BrClNS2/c1-5-4-15-11(8(5)13)9(14)10-7(12)3-6(2)16-10/h3-4,9H,14H2,1-2H3. The number of hydrogen-bond donors (Lipinski definition) is 1.